The summed E-state index contributed by atoms with van der Waals surface area (Å²) < 4.78 is 0. The van der Waals surface area contributed by atoms with Crippen LogP contribution in [0.15, 0.2) is 66.7 Å². The summed E-state index contributed by atoms with van der Waals surface area (Å²) in [5.74, 6) is 0.397. The third kappa shape index (κ3) is 5.64. The van der Waals surface area contributed by atoms with Crippen molar-refractivity contribution in [3.63, 3.8) is 0 Å². The Labute approximate surface area is 159 Å². The number of aryl methyl sites for hydroxylation is 2. The van der Waals surface area contributed by atoms with Crippen LogP contribution in [0, 0.1) is 13.8 Å². The maximum atomic E-state index is 12.9. The molecule has 138 valence electrons. The number of amides is 1. The molecular formula is C22H24N4O. The quantitative estimate of drug-likeness (QED) is 0.677. The molecule has 27 heavy (non-hydrogen) atoms. The minimum absolute atomic E-state index is 0.0783. The molecule has 2 N–H and O–H groups in total. The number of rotatable bonds is 7. The van der Waals surface area contributed by atoms with Gasteiger partial charge in [-0.15, -0.1) is 0 Å². The Bertz CT molecular complexity index is 861. The smallest absolute Gasteiger partial charge is 0.243 e. The number of carbonyl (C=O) groups excluding carboxylic acids is 1. The van der Waals surface area contributed by atoms with Crippen LogP contribution in [-0.2, 0) is 17.8 Å². The van der Waals surface area contributed by atoms with E-state index in [1.165, 1.54) is 0 Å². The van der Waals surface area contributed by atoms with Crippen LogP contribution < -0.4 is 10.6 Å². The van der Waals surface area contributed by atoms with Crippen LogP contribution in [0.4, 0.5) is 5.95 Å². The highest BCUT2D eigenvalue weighted by atomic mass is 16.2. The molecular weight excluding hydrogens is 336 g/mol. The van der Waals surface area contributed by atoms with Gasteiger partial charge >= 0.3 is 0 Å². The summed E-state index contributed by atoms with van der Waals surface area (Å²) in [6, 6.07) is 21.3. The Balaban J connectivity index is 1.74. The molecule has 0 aliphatic rings. The first-order valence-corrected chi connectivity index (χ1v) is 9.04. The van der Waals surface area contributed by atoms with Crippen molar-refractivity contribution in [1.82, 2.24) is 15.3 Å². The first-order valence-electron chi connectivity index (χ1n) is 9.04. The van der Waals surface area contributed by atoms with E-state index in [0.717, 1.165) is 22.5 Å². The predicted octanol–water partition coefficient (Wildman–Crippen LogP) is 3.43. The van der Waals surface area contributed by atoms with Crippen molar-refractivity contribution >= 4 is 11.9 Å². The monoisotopic (exact) mass is 360 g/mol. The molecule has 5 heteroatoms. The van der Waals surface area contributed by atoms with Crippen molar-refractivity contribution in [2.75, 3.05) is 5.32 Å². The SMILES string of the molecule is Cc1cc(C)nc(NC(Cc2ccccc2)C(=O)NCc2ccccc2)n1. The second kappa shape index (κ2) is 8.94. The fraction of sp³-hybridized carbons (Fsp3) is 0.227. The van der Waals surface area contributed by atoms with Crippen LogP contribution in [0.3, 0.4) is 0 Å². The van der Waals surface area contributed by atoms with E-state index < -0.39 is 6.04 Å². The highest BCUT2D eigenvalue weighted by Crippen LogP contribution is 2.10. The molecule has 1 amide bonds. The molecule has 3 rings (SSSR count). The summed E-state index contributed by atoms with van der Waals surface area (Å²) in [4.78, 5) is 21.7. The Morgan fingerprint density at radius 1 is 0.889 bits per heavy atom. The van der Waals surface area contributed by atoms with Gasteiger partial charge in [0.2, 0.25) is 11.9 Å². The van der Waals surface area contributed by atoms with Crippen molar-refractivity contribution in [3.05, 3.63) is 89.2 Å². The van der Waals surface area contributed by atoms with Crippen molar-refractivity contribution in [2.24, 2.45) is 0 Å². The summed E-state index contributed by atoms with van der Waals surface area (Å²) >= 11 is 0. The van der Waals surface area contributed by atoms with Gasteiger partial charge in [0.05, 0.1) is 0 Å². The van der Waals surface area contributed by atoms with Crippen molar-refractivity contribution in [1.29, 1.82) is 0 Å². The van der Waals surface area contributed by atoms with E-state index in [4.69, 9.17) is 0 Å². The fourth-order valence-electron chi connectivity index (χ4n) is 2.91. The molecule has 1 atom stereocenters. The molecule has 1 heterocycles. The maximum Gasteiger partial charge on any atom is 0.243 e. The summed E-state index contributed by atoms with van der Waals surface area (Å²) in [5, 5.41) is 6.22. The van der Waals surface area contributed by atoms with Crippen LogP contribution in [0.25, 0.3) is 0 Å². The van der Waals surface area contributed by atoms with E-state index in [9.17, 15) is 4.79 Å². The zero-order valence-corrected chi connectivity index (χ0v) is 15.6. The molecule has 0 bridgehead atoms. The van der Waals surface area contributed by atoms with Gasteiger partial charge < -0.3 is 10.6 Å². The fourth-order valence-corrected chi connectivity index (χ4v) is 2.91. The molecule has 0 aliphatic carbocycles. The number of hydrogen-bond donors (Lipinski definition) is 2. The average Bonchev–Trinajstić information content (AvgIpc) is 2.66. The van der Waals surface area contributed by atoms with E-state index in [1.807, 2.05) is 80.6 Å². The van der Waals surface area contributed by atoms with Gasteiger partial charge in [0.15, 0.2) is 0 Å². The van der Waals surface area contributed by atoms with Gasteiger partial charge in [0.1, 0.15) is 6.04 Å². The molecule has 0 fully saturated rings. The lowest BCUT2D eigenvalue weighted by atomic mass is 10.1. The van der Waals surface area contributed by atoms with Crippen LogP contribution in [-0.4, -0.2) is 21.9 Å². The number of nitrogens with one attached hydrogen (secondary N) is 2. The highest BCUT2D eigenvalue weighted by Gasteiger charge is 2.20. The Hall–Kier alpha value is -3.21. The lowest BCUT2D eigenvalue weighted by molar-refractivity contribution is -0.122. The standard InChI is InChI=1S/C22H24N4O/c1-16-13-17(2)25-22(24-16)26-20(14-18-9-5-3-6-10-18)21(27)23-15-19-11-7-4-8-12-19/h3-13,20H,14-15H2,1-2H3,(H,23,27)(H,24,25,26). The number of aromatic nitrogens is 2. The largest absolute Gasteiger partial charge is 0.350 e. The van der Waals surface area contributed by atoms with E-state index >= 15 is 0 Å². The number of nitrogens with zero attached hydrogens (tertiary/aromatic N) is 2. The van der Waals surface area contributed by atoms with Crippen molar-refractivity contribution < 1.29 is 4.79 Å². The molecule has 1 unspecified atom stereocenters. The van der Waals surface area contributed by atoms with E-state index in [2.05, 4.69) is 20.6 Å². The summed E-state index contributed by atoms with van der Waals surface area (Å²) in [6.45, 7) is 4.32. The minimum Gasteiger partial charge on any atom is -0.350 e. The lowest BCUT2D eigenvalue weighted by Crippen LogP contribution is -2.41. The van der Waals surface area contributed by atoms with Crippen LogP contribution in [0.1, 0.15) is 22.5 Å². The number of benzene rings is 2. The summed E-state index contributed by atoms with van der Waals surface area (Å²) in [7, 11) is 0. The lowest BCUT2D eigenvalue weighted by Gasteiger charge is -2.19. The Morgan fingerprint density at radius 2 is 1.44 bits per heavy atom. The first kappa shape index (κ1) is 18.6. The van der Waals surface area contributed by atoms with Gasteiger partial charge in [-0.05, 0) is 31.0 Å². The van der Waals surface area contributed by atoms with Crippen molar-refractivity contribution in [2.45, 2.75) is 32.9 Å². The molecule has 0 aliphatic heterocycles. The molecule has 0 saturated carbocycles. The summed E-state index contributed by atoms with van der Waals surface area (Å²) in [5.41, 5.74) is 3.88. The van der Waals surface area contributed by atoms with Gasteiger partial charge in [-0.1, -0.05) is 60.7 Å². The predicted molar refractivity (Wildman–Crippen MR) is 107 cm³/mol. The van der Waals surface area contributed by atoms with E-state index in [1.54, 1.807) is 0 Å². The van der Waals surface area contributed by atoms with Gasteiger partial charge in [-0.3, -0.25) is 4.79 Å². The van der Waals surface area contributed by atoms with Gasteiger partial charge in [-0.2, -0.15) is 0 Å². The van der Waals surface area contributed by atoms with Crippen molar-refractivity contribution in [3.8, 4) is 0 Å². The Kier molecular flexibility index (Phi) is 6.15. The highest BCUT2D eigenvalue weighted by molar-refractivity contribution is 5.84. The Morgan fingerprint density at radius 3 is 2.04 bits per heavy atom. The first-order chi connectivity index (χ1) is 13.1. The third-order valence-corrected chi connectivity index (χ3v) is 4.19. The average molecular weight is 360 g/mol. The minimum atomic E-state index is -0.461. The number of carbonyl (C=O) groups is 1. The normalized spacial score (nSPS) is 11.6. The maximum absolute atomic E-state index is 12.9. The summed E-state index contributed by atoms with van der Waals surface area (Å²) in [6.07, 6.45) is 0.553. The molecule has 0 radical (unpaired) electrons. The zero-order valence-electron chi connectivity index (χ0n) is 15.6. The van der Waals surface area contributed by atoms with Crippen LogP contribution in [0.2, 0.25) is 0 Å². The second-order valence-corrected chi connectivity index (χ2v) is 6.56. The molecule has 5 nitrogen and oxygen atoms in total. The molecule has 3 aromatic rings. The molecule has 1 aromatic heterocycles. The topological polar surface area (TPSA) is 66.9 Å². The molecule has 0 saturated heterocycles. The second-order valence-electron chi connectivity index (χ2n) is 6.56. The van der Waals surface area contributed by atoms with Gasteiger partial charge in [0, 0.05) is 24.4 Å². The zero-order chi connectivity index (χ0) is 19.1. The molecule has 0 spiro atoms. The third-order valence-electron chi connectivity index (χ3n) is 4.19. The van der Waals surface area contributed by atoms with Crippen LogP contribution in [0.5, 0.6) is 0 Å². The van der Waals surface area contributed by atoms with E-state index in [-0.39, 0.29) is 5.91 Å². The molecule has 2 aromatic carbocycles. The van der Waals surface area contributed by atoms with E-state index in [0.29, 0.717) is 18.9 Å². The van der Waals surface area contributed by atoms with Crippen LogP contribution >= 0.6 is 0 Å². The van der Waals surface area contributed by atoms with Gasteiger partial charge in [0.25, 0.3) is 0 Å². The number of anilines is 1. The number of hydrogen-bond acceptors (Lipinski definition) is 4. The van der Waals surface area contributed by atoms with Gasteiger partial charge in [-0.25, -0.2) is 9.97 Å².